The zero-order valence-corrected chi connectivity index (χ0v) is 14.6. The van der Waals surface area contributed by atoms with Crippen LogP contribution in [0.5, 0.6) is 0 Å². The number of fused-ring (bicyclic) bond motifs is 1. The number of aliphatic hydroxyl groups is 1. The van der Waals surface area contributed by atoms with Gasteiger partial charge in [-0.3, -0.25) is 9.78 Å². The van der Waals surface area contributed by atoms with Crippen molar-refractivity contribution >= 4 is 28.4 Å². The van der Waals surface area contributed by atoms with Crippen molar-refractivity contribution in [1.29, 1.82) is 0 Å². The standard InChI is InChI=1S/C18H23ClN2O2/c1-4-18(5-2,9-10-22)21-17(23)14-11-20-16-13(12(14)3)7-6-8-15(16)19/h6-8,11,22H,4-5,9-10H2,1-3H3,(H,21,23). The third-order valence-electron chi connectivity index (χ3n) is 4.68. The van der Waals surface area contributed by atoms with Gasteiger partial charge >= 0.3 is 0 Å². The second kappa shape index (κ2) is 7.28. The van der Waals surface area contributed by atoms with E-state index in [4.69, 9.17) is 11.6 Å². The maximum absolute atomic E-state index is 12.7. The SMILES string of the molecule is CCC(CC)(CCO)NC(=O)c1cnc2c(Cl)cccc2c1C. The number of aryl methyl sites for hydroxylation is 1. The molecule has 1 aromatic heterocycles. The van der Waals surface area contributed by atoms with E-state index in [0.29, 0.717) is 22.5 Å². The molecule has 0 atom stereocenters. The fourth-order valence-electron chi connectivity index (χ4n) is 2.91. The first kappa shape index (κ1) is 17.7. The molecule has 5 heteroatoms. The predicted molar refractivity (Wildman–Crippen MR) is 94.0 cm³/mol. The molecular weight excluding hydrogens is 312 g/mol. The van der Waals surface area contributed by atoms with Crippen molar-refractivity contribution in [2.75, 3.05) is 6.61 Å². The summed E-state index contributed by atoms with van der Waals surface area (Å²) in [5, 5.41) is 13.8. The van der Waals surface area contributed by atoms with Crippen molar-refractivity contribution in [3.8, 4) is 0 Å². The van der Waals surface area contributed by atoms with Gasteiger partial charge in [-0.25, -0.2) is 0 Å². The summed E-state index contributed by atoms with van der Waals surface area (Å²) in [6, 6.07) is 5.56. The van der Waals surface area contributed by atoms with Gasteiger partial charge < -0.3 is 10.4 Å². The number of nitrogens with zero attached hydrogens (tertiary/aromatic N) is 1. The summed E-state index contributed by atoms with van der Waals surface area (Å²) in [5.74, 6) is -0.158. The average Bonchev–Trinajstić information content (AvgIpc) is 2.55. The van der Waals surface area contributed by atoms with Crippen LogP contribution in [0.3, 0.4) is 0 Å². The molecule has 0 saturated heterocycles. The second-order valence-corrected chi connectivity index (χ2v) is 6.26. The number of benzene rings is 1. The van der Waals surface area contributed by atoms with Crippen molar-refractivity contribution in [3.63, 3.8) is 0 Å². The molecule has 0 radical (unpaired) electrons. The molecule has 0 spiro atoms. The van der Waals surface area contributed by atoms with E-state index in [2.05, 4.69) is 10.3 Å². The summed E-state index contributed by atoms with van der Waals surface area (Å²) < 4.78 is 0. The number of carbonyl (C=O) groups excluding carboxylic acids is 1. The molecule has 0 aliphatic rings. The number of rotatable bonds is 6. The van der Waals surface area contributed by atoms with Crippen LogP contribution in [0.15, 0.2) is 24.4 Å². The largest absolute Gasteiger partial charge is 0.396 e. The minimum atomic E-state index is -0.387. The Hall–Kier alpha value is -1.65. The summed E-state index contributed by atoms with van der Waals surface area (Å²) in [7, 11) is 0. The van der Waals surface area contributed by atoms with Crippen LogP contribution in [-0.4, -0.2) is 28.1 Å². The monoisotopic (exact) mass is 334 g/mol. The van der Waals surface area contributed by atoms with Crippen LogP contribution in [0, 0.1) is 6.92 Å². The molecule has 2 aromatic rings. The highest BCUT2D eigenvalue weighted by Gasteiger charge is 2.28. The lowest BCUT2D eigenvalue weighted by atomic mass is 9.88. The minimum absolute atomic E-state index is 0.0481. The first-order chi connectivity index (χ1) is 11.0. The number of halogens is 1. The van der Waals surface area contributed by atoms with Crippen LogP contribution < -0.4 is 5.32 Å². The van der Waals surface area contributed by atoms with Crippen LogP contribution in [0.4, 0.5) is 0 Å². The van der Waals surface area contributed by atoms with Crippen molar-refractivity contribution < 1.29 is 9.90 Å². The zero-order valence-electron chi connectivity index (χ0n) is 13.8. The summed E-state index contributed by atoms with van der Waals surface area (Å²) in [6.07, 6.45) is 3.65. The smallest absolute Gasteiger partial charge is 0.253 e. The topological polar surface area (TPSA) is 62.2 Å². The maximum atomic E-state index is 12.7. The highest BCUT2D eigenvalue weighted by Crippen LogP contribution is 2.27. The van der Waals surface area contributed by atoms with Gasteiger partial charge in [0.2, 0.25) is 0 Å². The van der Waals surface area contributed by atoms with Crippen molar-refractivity contribution in [3.05, 3.63) is 40.5 Å². The van der Waals surface area contributed by atoms with Gasteiger partial charge in [0.1, 0.15) is 0 Å². The molecule has 0 aliphatic heterocycles. The second-order valence-electron chi connectivity index (χ2n) is 5.85. The Bertz CT molecular complexity index is 711. The quantitative estimate of drug-likeness (QED) is 0.843. The lowest BCUT2D eigenvalue weighted by Gasteiger charge is -2.32. The van der Waals surface area contributed by atoms with Crippen LogP contribution >= 0.6 is 11.6 Å². The highest BCUT2D eigenvalue weighted by molar-refractivity contribution is 6.35. The van der Waals surface area contributed by atoms with Gasteiger partial charge in [0.15, 0.2) is 0 Å². The van der Waals surface area contributed by atoms with E-state index in [0.717, 1.165) is 23.8 Å². The Morgan fingerprint density at radius 2 is 2.04 bits per heavy atom. The Morgan fingerprint density at radius 3 is 2.65 bits per heavy atom. The molecule has 23 heavy (non-hydrogen) atoms. The summed E-state index contributed by atoms with van der Waals surface area (Å²) >= 11 is 6.16. The van der Waals surface area contributed by atoms with E-state index in [1.807, 2.05) is 32.9 Å². The number of aliphatic hydroxyl groups excluding tert-OH is 1. The molecule has 4 nitrogen and oxygen atoms in total. The number of amides is 1. The van der Waals surface area contributed by atoms with E-state index < -0.39 is 0 Å². The average molecular weight is 335 g/mol. The number of pyridine rings is 1. The number of hydrogen-bond acceptors (Lipinski definition) is 3. The molecule has 0 fully saturated rings. The number of aromatic nitrogens is 1. The van der Waals surface area contributed by atoms with Crippen molar-refractivity contribution in [2.45, 2.75) is 45.6 Å². The molecule has 0 bridgehead atoms. The van der Waals surface area contributed by atoms with Crippen molar-refractivity contribution in [2.24, 2.45) is 0 Å². The van der Waals surface area contributed by atoms with Crippen LogP contribution in [0.25, 0.3) is 10.9 Å². The van der Waals surface area contributed by atoms with Crippen LogP contribution in [0.2, 0.25) is 5.02 Å². The zero-order chi connectivity index (χ0) is 17.0. The molecule has 2 rings (SSSR count). The van der Waals surface area contributed by atoms with Gasteiger partial charge in [0, 0.05) is 23.7 Å². The first-order valence-corrected chi connectivity index (χ1v) is 8.33. The third-order valence-corrected chi connectivity index (χ3v) is 4.99. The maximum Gasteiger partial charge on any atom is 0.253 e. The van der Waals surface area contributed by atoms with Crippen LogP contribution in [-0.2, 0) is 0 Å². The fourth-order valence-corrected chi connectivity index (χ4v) is 3.14. The highest BCUT2D eigenvalue weighted by atomic mass is 35.5. The van der Waals surface area contributed by atoms with Crippen molar-refractivity contribution in [1.82, 2.24) is 10.3 Å². The van der Waals surface area contributed by atoms with Gasteiger partial charge in [-0.2, -0.15) is 0 Å². The van der Waals surface area contributed by atoms with E-state index in [-0.39, 0.29) is 18.1 Å². The number of nitrogens with one attached hydrogen (secondary N) is 1. The molecule has 2 N–H and O–H groups in total. The molecule has 1 amide bonds. The Balaban J connectivity index is 2.40. The Labute approximate surface area is 141 Å². The molecule has 0 saturated carbocycles. The van der Waals surface area contributed by atoms with Gasteiger partial charge in [0.05, 0.1) is 16.1 Å². The molecule has 0 aliphatic carbocycles. The number of hydrogen-bond donors (Lipinski definition) is 2. The summed E-state index contributed by atoms with van der Waals surface area (Å²) in [5.41, 5.74) is 1.72. The summed E-state index contributed by atoms with van der Waals surface area (Å²) in [4.78, 5) is 17.1. The first-order valence-electron chi connectivity index (χ1n) is 7.95. The third kappa shape index (κ3) is 3.48. The number of carbonyl (C=O) groups is 1. The molecule has 1 heterocycles. The normalized spacial score (nSPS) is 11.7. The Kier molecular flexibility index (Phi) is 5.60. The van der Waals surface area contributed by atoms with Gasteiger partial charge in [-0.15, -0.1) is 0 Å². The van der Waals surface area contributed by atoms with E-state index in [1.54, 1.807) is 12.3 Å². The fraction of sp³-hybridized carbons (Fsp3) is 0.444. The predicted octanol–water partition coefficient (Wildman–Crippen LogP) is 3.87. The van der Waals surface area contributed by atoms with E-state index in [9.17, 15) is 9.90 Å². The molecular formula is C18H23ClN2O2. The van der Waals surface area contributed by atoms with E-state index in [1.165, 1.54) is 0 Å². The molecule has 0 unspecified atom stereocenters. The number of para-hydroxylation sites is 1. The van der Waals surface area contributed by atoms with Gasteiger partial charge in [-0.1, -0.05) is 37.6 Å². The molecule has 1 aromatic carbocycles. The van der Waals surface area contributed by atoms with E-state index >= 15 is 0 Å². The Morgan fingerprint density at radius 1 is 1.35 bits per heavy atom. The molecule has 124 valence electrons. The summed E-state index contributed by atoms with van der Waals surface area (Å²) in [6.45, 7) is 5.99. The van der Waals surface area contributed by atoms with Gasteiger partial charge in [-0.05, 0) is 37.8 Å². The lowest BCUT2D eigenvalue weighted by Crippen LogP contribution is -2.48. The van der Waals surface area contributed by atoms with Crippen LogP contribution in [0.1, 0.15) is 49.0 Å². The lowest BCUT2D eigenvalue weighted by molar-refractivity contribution is 0.0868. The minimum Gasteiger partial charge on any atom is -0.396 e. The van der Waals surface area contributed by atoms with Gasteiger partial charge in [0.25, 0.3) is 5.91 Å².